The normalized spacial score (nSPS) is 14.7. The molecule has 0 unspecified atom stereocenters. The van der Waals surface area contributed by atoms with Crippen LogP contribution in [-0.4, -0.2) is 44.1 Å². The second-order valence-electron chi connectivity index (χ2n) is 7.44. The van der Waals surface area contributed by atoms with Crippen molar-refractivity contribution >= 4 is 16.9 Å². The van der Waals surface area contributed by atoms with Gasteiger partial charge in [-0.3, -0.25) is 0 Å². The number of para-hydroxylation sites is 1. The predicted octanol–water partition coefficient (Wildman–Crippen LogP) is 2.40. The first kappa shape index (κ1) is 18.4. The zero-order valence-corrected chi connectivity index (χ0v) is 16.0. The summed E-state index contributed by atoms with van der Waals surface area (Å²) >= 11 is 0. The van der Waals surface area contributed by atoms with Crippen molar-refractivity contribution < 1.29 is 9.90 Å². The van der Waals surface area contributed by atoms with Crippen molar-refractivity contribution in [1.29, 1.82) is 0 Å². The number of amides is 2. The molecule has 0 saturated heterocycles. The van der Waals surface area contributed by atoms with Gasteiger partial charge in [-0.15, -0.1) is 0 Å². The first-order chi connectivity index (χ1) is 13.6. The van der Waals surface area contributed by atoms with Gasteiger partial charge >= 0.3 is 6.03 Å². The van der Waals surface area contributed by atoms with E-state index in [0.29, 0.717) is 26.1 Å². The number of aliphatic hydroxyl groups is 1. The Kier molecular flexibility index (Phi) is 5.25. The van der Waals surface area contributed by atoms with Gasteiger partial charge in [0, 0.05) is 38.5 Å². The molecule has 3 heterocycles. The van der Waals surface area contributed by atoms with Gasteiger partial charge in [0.05, 0.1) is 17.8 Å². The molecule has 0 saturated carbocycles. The molecule has 7 heteroatoms. The van der Waals surface area contributed by atoms with Gasteiger partial charge in [-0.1, -0.05) is 25.1 Å². The summed E-state index contributed by atoms with van der Waals surface area (Å²) in [4.78, 5) is 26.8. The molecule has 146 valence electrons. The highest BCUT2D eigenvalue weighted by Gasteiger charge is 2.22. The molecule has 3 aromatic rings. The number of carbonyl (C=O) groups is 1. The fourth-order valence-corrected chi connectivity index (χ4v) is 3.57. The van der Waals surface area contributed by atoms with E-state index in [0.717, 1.165) is 40.0 Å². The van der Waals surface area contributed by atoms with Gasteiger partial charge in [0.15, 0.2) is 0 Å². The summed E-state index contributed by atoms with van der Waals surface area (Å²) in [7, 11) is 0. The van der Waals surface area contributed by atoms with Crippen molar-refractivity contribution in [1.82, 2.24) is 25.2 Å². The Morgan fingerprint density at radius 1 is 1.39 bits per heavy atom. The SMILES string of the molecule is C[C@@H](CO)Cc1ncc2c(n1)CN(C(=O)NCc1cccc3cc[nH]c13)CC2. The van der Waals surface area contributed by atoms with Crippen molar-refractivity contribution in [3.8, 4) is 0 Å². The Bertz CT molecular complexity index is 984. The topological polar surface area (TPSA) is 94.1 Å². The lowest BCUT2D eigenvalue weighted by Gasteiger charge is -2.28. The van der Waals surface area contributed by atoms with Crippen molar-refractivity contribution in [2.24, 2.45) is 5.92 Å². The number of benzene rings is 1. The van der Waals surface area contributed by atoms with Crippen LogP contribution in [0.25, 0.3) is 10.9 Å². The Balaban J connectivity index is 1.41. The van der Waals surface area contributed by atoms with Crippen LogP contribution in [0.4, 0.5) is 4.79 Å². The van der Waals surface area contributed by atoms with Gasteiger partial charge in [-0.2, -0.15) is 0 Å². The van der Waals surface area contributed by atoms with Gasteiger partial charge in [0.1, 0.15) is 5.82 Å². The second-order valence-corrected chi connectivity index (χ2v) is 7.44. The molecule has 0 fully saturated rings. The molecule has 1 aliphatic rings. The maximum absolute atomic E-state index is 12.7. The molecule has 1 aliphatic heterocycles. The minimum atomic E-state index is -0.0851. The standard InChI is InChI=1S/C21H25N5O2/c1-14(13-27)9-19-23-10-16-6-8-26(12-18(16)25-19)21(28)24-11-17-4-2-3-15-5-7-22-20(15)17/h2-5,7,10,14,22,27H,6,8-9,11-13H2,1H3,(H,24,28)/t14-/m1/s1. The Morgan fingerprint density at radius 2 is 2.29 bits per heavy atom. The van der Waals surface area contributed by atoms with Crippen molar-refractivity contribution in [3.63, 3.8) is 0 Å². The highest BCUT2D eigenvalue weighted by atomic mass is 16.3. The first-order valence-electron chi connectivity index (χ1n) is 9.66. The van der Waals surface area contributed by atoms with Crippen molar-refractivity contribution in [2.45, 2.75) is 32.9 Å². The smallest absolute Gasteiger partial charge is 0.318 e. The largest absolute Gasteiger partial charge is 0.396 e. The Hall–Kier alpha value is -2.93. The molecule has 3 N–H and O–H groups in total. The van der Waals surface area contributed by atoms with E-state index < -0.39 is 0 Å². The van der Waals surface area contributed by atoms with E-state index in [1.54, 1.807) is 4.90 Å². The second kappa shape index (κ2) is 7.98. The zero-order valence-electron chi connectivity index (χ0n) is 16.0. The van der Waals surface area contributed by atoms with Crippen LogP contribution in [0.15, 0.2) is 36.7 Å². The number of carbonyl (C=O) groups excluding carboxylic acids is 1. The van der Waals surface area contributed by atoms with E-state index in [4.69, 9.17) is 0 Å². The van der Waals surface area contributed by atoms with E-state index in [1.807, 2.05) is 43.6 Å². The van der Waals surface area contributed by atoms with Crippen molar-refractivity contribution in [3.05, 3.63) is 59.3 Å². The third kappa shape index (κ3) is 3.84. The minimum Gasteiger partial charge on any atom is -0.396 e. The number of urea groups is 1. The molecule has 0 radical (unpaired) electrons. The number of hydrogen-bond donors (Lipinski definition) is 3. The number of hydrogen-bond acceptors (Lipinski definition) is 4. The van der Waals surface area contributed by atoms with Crippen LogP contribution in [-0.2, 0) is 25.9 Å². The summed E-state index contributed by atoms with van der Waals surface area (Å²) in [6, 6.07) is 8.01. The van der Waals surface area contributed by atoms with Crippen LogP contribution in [0.2, 0.25) is 0 Å². The number of fused-ring (bicyclic) bond motifs is 2. The van der Waals surface area contributed by atoms with E-state index in [9.17, 15) is 9.90 Å². The van der Waals surface area contributed by atoms with Gasteiger partial charge in [-0.25, -0.2) is 14.8 Å². The Morgan fingerprint density at radius 3 is 3.14 bits per heavy atom. The van der Waals surface area contributed by atoms with Crippen LogP contribution in [0.5, 0.6) is 0 Å². The van der Waals surface area contributed by atoms with Gasteiger partial charge < -0.3 is 20.3 Å². The number of H-pyrrole nitrogens is 1. The van der Waals surface area contributed by atoms with Crippen LogP contribution < -0.4 is 5.32 Å². The van der Waals surface area contributed by atoms with Crippen LogP contribution >= 0.6 is 0 Å². The van der Waals surface area contributed by atoms with E-state index in [2.05, 4.69) is 20.3 Å². The molecule has 4 rings (SSSR count). The molecule has 7 nitrogen and oxygen atoms in total. The maximum atomic E-state index is 12.7. The minimum absolute atomic E-state index is 0.0851. The molecule has 0 aliphatic carbocycles. The molecule has 0 bridgehead atoms. The lowest BCUT2D eigenvalue weighted by Crippen LogP contribution is -2.43. The highest BCUT2D eigenvalue weighted by Crippen LogP contribution is 2.19. The quantitative estimate of drug-likeness (QED) is 0.634. The van der Waals surface area contributed by atoms with E-state index >= 15 is 0 Å². The summed E-state index contributed by atoms with van der Waals surface area (Å²) in [6.45, 7) is 3.69. The molecule has 28 heavy (non-hydrogen) atoms. The maximum Gasteiger partial charge on any atom is 0.318 e. The average molecular weight is 379 g/mol. The van der Waals surface area contributed by atoms with E-state index in [-0.39, 0.29) is 18.6 Å². The zero-order chi connectivity index (χ0) is 19.5. The van der Waals surface area contributed by atoms with Crippen LogP contribution in [0, 0.1) is 5.92 Å². The Labute approximate surface area is 163 Å². The first-order valence-corrected chi connectivity index (χ1v) is 9.66. The third-order valence-electron chi connectivity index (χ3n) is 5.23. The summed E-state index contributed by atoms with van der Waals surface area (Å²) < 4.78 is 0. The number of aromatic amines is 1. The molecular formula is C21H25N5O2. The van der Waals surface area contributed by atoms with E-state index in [1.165, 1.54) is 0 Å². The summed E-state index contributed by atoms with van der Waals surface area (Å²) in [5.74, 6) is 0.845. The lowest BCUT2D eigenvalue weighted by molar-refractivity contribution is 0.190. The summed E-state index contributed by atoms with van der Waals surface area (Å²) in [5, 5.41) is 13.4. The average Bonchev–Trinajstić information content (AvgIpc) is 3.20. The number of aromatic nitrogens is 3. The monoisotopic (exact) mass is 379 g/mol. The number of nitrogens with zero attached hydrogens (tertiary/aromatic N) is 3. The van der Waals surface area contributed by atoms with Crippen molar-refractivity contribution in [2.75, 3.05) is 13.2 Å². The highest BCUT2D eigenvalue weighted by molar-refractivity contribution is 5.83. The van der Waals surface area contributed by atoms with Gasteiger partial charge in [-0.05, 0) is 34.9 Å². The fraction of sp³-hybridized carbons (Fsp3) is 0.381. The summed E-state index contributed by atoms with van der Waals surface area (Å²) in [5.41, 5.74) is 4.13. The molecule has 1 atom stereocenters. The number of rotatable bonds is 5. The molecule has 2 amide bonds. The third-order valence-corrected chi connectivity index (χ3v) is 5.23. The molecule has 2 aromatic heterocycles. The van der Waals surface area contributed by atoms with Crippen LogP contribution in [0.1, 0.15) is 29.6 Å². The molecule has 0 spiro atoms. The predicted molar refractivity (Wildman–Crippen MR) is 107 cm³/mol. The number of nitrogens with one attached hydrogen (secondary N) is 2. The van der Waals surface area contributed by atoms with Gasteiger partial charge in [0.2, 0.25) is 0 Å². The summed E-state index contributed by atoms with van der Waals surface area (Å²) in [6.07, 6.45) is 5.16. The molecular weight excluding hydrogens is 354 g/mol. The number of aliphatic hydroxyl groups excluding tert-OH is 1. The molecule has 1 aromatic carbocycles. The van der Waals surface area contributed by atoms with Gasteiger partial charge in [0.25, 0.3) is 0 Å². The lowest BCUT2D eigenvalue weighted by atomic mass is 10.1. The fourth-order valence-electron chi connectivity index (χ4n) is 3.57. The van der Waals surface area contributed by atoms with Crippen LogP contribution in [0.3, 0.4) is 0 Å².